The minimum absolute atomic E-state index is 0.271. The smallest absolute Gasteiger partial charge is 0.154 e. The van der Waals surface area contributed by atoms with E-state index < -0.39 is 24.4 Å². The van der Waals surface area contributed by atoms with Crippen LogP contribution in [0.3, 0.4) is 0 Å². The van der Waals surface area contributed by atoms with Gasteiger partial charge in [-0.2, -0.15) is 0 Å². The monoisotopic (exact) mass is 212 g/mol. The maximum atomic E-state index is 8.49. The molecular formula is C6H12O8. The van der Waals surface area contributed by atoms with E-state index in [0.29, 0.717) is 0 Å². The predicted molar refractivity (Wildman–Crippen MR) is 39.2 cm³/mol. The first-order valence-electron chi connectivity index (χ1n) is 3.99. The van der Waals surface area contributed by atoms with Gasteiger partial charge in [-0.1, -0.05) is 0 Å². The molecule has 0 heterocycles. The third-order valence-corrected chi connectivity index (χ3v) is 2.31. The third kappa shape index (κ3) is 2.19. The zero-order chi connectivity index (χ0) is 10.6. The highest BCUT2D eigenvalue weighted by Gasteiger charge is 2.44. The SMILES string of the molecule is OOC1CCC(OO)C(OO)C1OO. The lowest BCUT2D eigenvalue weighted by molar-refractivity contribution is -0.434. The highest BCUT2D eigenvalue weighted by Crippen LogP contribution is 2.27. The summed E-state index contributed by atoms with van der Waals surface area (Å²) in [5.74, 6) is 0. The van der Waals surface area contributed by atoms with Gasteiger partial charge < -0.3 is 0 Å². The second-order valence-corrected chi connectivity index (χ2v) is 3.01. The Labute approximate surface area is 78.9 Å². The summed E-state index contributed by atoms with van der Waals surface area (Å²) in [5.41, 5.74) is 0. The van der Waals surface area contributed by atoms with Gasteiger partial charge in [0.1, 0.15) is 12.2 Å². The Balaban J connectivity index is 2.67. The van der Waals surface area contributed by atoms with Crippen LogP contribution in [-0.4, -0.2) is 45.4 Å². The van der Waals surface area contributed by atoms with Crippen molar-refractivity contribution < 1.29 is 40.6 Å². The number of rotatable bonds is 4. The van der Waals surface area contributed by atoms with Crippen LogP contribution < -0.4 is 0 Å². The van der Waals surface area contributed by atoms with E-state index >= 15 is 0 Å². The van der Waals surface area contributed by atoms with Gasteiger partial charge in [0.25, 0.3) is 0 Å². The van der Waals surface area contributed by atoms with Crippen LogP contribution in [0.5, 0.6) is 0 Å². The third-order valence-electron chi connectivity index (χ3n) is 2.31. The molecule has 0 aromatic rings. The predicted octanol–water partition coefficient (Wildman–Crippen LogP) is 0.213. The van der Waals surface area contributed by atoms with Crippen LogP contribution in [0.1, 0.15) is 12.8 Å². The van der Waals surface area contributed by atoms with E-state index in [4.69, 9.17) is 21.0 Å². The molecule has 1 saturated carbocycles. The van der Waals surface area contributed by atoms with Crippen molar-refractivity contribution in [3.63, 3.8) is 0 Å². The highest BCUT2D eigenvalue weighted by molar-refractivity contribution is 4.89. The molecule has 14 heavy (non-hydrogen) atoms. The van der Waals surface area contributed by atoms with Crippen molar-refractivity contribution in [2.24, 2.45) is 0 Å². The van der Waals surface area contributed by atoms with E-state index in [1.807, 2.05) is 0 Å². The molecule has 0 aromatic heterocycles. The van der Waals surface area contributed by atoms with E-state index in [1.165, 1.54) is 0 Å². The van der Waals surface area contributed by atoms with Crippen molar-refractivity contribution in [2.75, 3.05) is 0 Å². The Hall–Kier alpha value is -0.320. The second kappa shape index (κ2) is 5.53. The van der Waals surface area contributed by atoms with Crippen LogP contribution in [0.2, 0.25) is 0 Å². The summed E-state index contributed by atoms with van der Waals surface area (Å²) in [4.78, 5) is 16.0. The molecule has 4 N–H and O–H groups in total. The summed E-state index contributed by atoms with van der Waals surface area (Å²) in [6.45, 7) is 0. The van der Waals surface area contributed by atoms with Crippen molar-refractivity contribution in [1.82, 2.24) is 0 Å². The molecule has 1 aliphatic carbocycles. The molecule has 1 aliphatic rings. The number of hydrogen-bond acceptors (Lipinski definition) is 8. The molecule has 84 valence electrons. The fourth-order valence-corrected chi connectivity index (χ4v) is 1.56. The largest absolute Gasteiger partial charge is 0.251 e. The molecular weight excluding hydrogens is 200 g/mol. The fourth-order valence-electron chi connectivity index (χ4n) is 1.56. The minimum Gasteiger partial charge on any atom is -0.251 e. The molecule has 0 spiro atoms. The average molecular weight is 212 g/mol. The van der Waals surface area contributed by atoms with Crippen LogP contribution in [0.15, 0.2) is 0 Å². The van der Waals surface area contributed by atoms with Crippen LogP contribution in [0.4, 0.5) is 0 Å². The van der Waals surface area contributed by atoms with E-state index in [-0.39, 0.29) is 12.8 Å². The van der Waals surface area contributed by atoms with E-state index in [2.05, 4.69) is 19.6 Å². The standard InChI is InChI=1S/C6H12O8/c7-11-3-1-2-4(12-8)6(14-10)5(3)13-9/h3-10H,1-2H2. The fraction of sp³-hybridized carbons (Fsp3) is 1.00. The summed E-state index contributed by atoms with van der Waals surface area (Å²) >= 11 is 0. The lowest BCUT2D eigenvalue weighted by Crippen LogP contribution is -2.52. The lowest BCUT2D eigenvalue weighted by atomic mass is 9.89. The van der Waals surface area contributed by atoms with Crippen molar-refractivity contribution in [3.05, 3.63) is 0 Å². The van der Waals surface area contributed by atoms with Crippen molar-refractivity contribution in [2.45, 2.75) is 37.3 Å². The maximum Gasteiger partial charge on any atom is 0.154 e. The molecule has 0 aromatic carbocycles. The molecule has 0 saturated heterocycles. The van der Waals surface area contributed by atoms with E-state index in [0.717, 1.165) is 0 Å². The molecule has 4 atom stereocenters. The average Bonchev–Trinajstić information content (AvgIpc) is 2.26. The summed E-state index contributed by atoms with van der Waals surface area (Å²) in [6, 6.07) is 0. The van der Waals surface area contributed by atoms with Gasteiger partial charge in [0, 0.05) is 0 Å². The molecule has 4 unspecified atom stereocenters. The zero-order valence-electron chi connectivity index (χ0n) is 7.15. The van der Waals surface area contributed by atoms with Gasteiger partial charge in [-0.3, -0.25) is 21.0 Å². The first-order chi connectivity index (χ1) is 6.78. The molecule has 0 amide bonds. The highest BCUT2D eigenvalue weighted by atomic mass is 17.2. The number of hydrogen-bond donors (Lipinski definition) is 4. The minimum atomic E-state index is -1.14. The molecule has 8 nitrogen and oxygen atoms in total. The van der Waals surface area contributed by atoms with Gasteiger partial charge in [-0.05, 0) is 12.8 Å². The molecule has 0 aliphatic heterocycles. The normalized spacial score (nSPS) is 38.6. The Morgan fingerprint density at radius 1 is 0.643 bits per heavy atom. The maximum absolute atomic E-state index is 8.49. The molecule has 8 heteroatoms. The molecule has 0 radical (unpaired) electrons. The van der Waals surface area contributed by atoms with E-state index in [1.54, 1.807) is 0 Å². The van der Waals surface area contributed by atoms with E-state index in [9.17, 15) is 0 Å². The van der Waals surface area contributed by atoms with Gasteiger partial charge in [0.15, 0.2) is 12.2 Å². The molecule has 1 fully saturated rings. The van der Waals surface area contributed by atoms with Gasteiger partial charge in [-0.15, -0.1) is 0 Å². The first kappa shape index (κ1) is 11.8. The van der Waals surface area contributed by atoms with Crippen LogP contribution in [-0.2, 0) is 19.6 Å². The zero-order valence-corrected chi connectivity index (χ0v) is 7.15. The lowest BCUT2D eigenvalue weighted by Gasteiger charge is -2.35. The van der Waals surface area contributed by atoms with Crippen molar-refractivity contribution in [1.29, 1.82) is 0 Å². The first-order valence-corrected chi connectivity index (χ1v) is 3.99. The summed E-state index contributed by atoms with van der Waals surface area (Å²) in [5, 5.41) is 33.8. The topological polar surface area (TPSA) is 118 Å². The summed E-state index contributed by atoms with van der Waals surface area (Å²) in [6.07, 6.45) is -3.46. The van der Waals surface area contributed by atoms with Crippen LogP contribution in [0, 0.1) is 0 Å². The van der Waals surface area contributed by atoms with Crippen LogP contribution >= 0.6 is 0 Å². The van der Waals surface area contributed by atoms with Gasteiger partial charge in [0.2, 0.25) is 0 Å². The van der Waals surface area contributed by atoms with Crippen LogP contribution in [0.25, 0.3) is 0 Å². The molecule has 0 bridgehead atoms. The second-order valence-electron chi connectivity index (χ2n) is 3.01. The Kier molecular flexibility index (Phi) is 4.65. The van der Waals surface area contributed by atoms with Gasteiger partial charge in [-0.25, -0.2) is 19.6 Å². The van der Waals surface area contributed by atoms with Gasteiger partial charge >= 0.3 is 0 Å². The van der Waals surface area contributed by atoms with Crippen molar-refractivity contribution >= 4 is 0 Å². The Morgan fingerprint density at radius 3 is 1.21 bits per heavy atom. The quantitative estimate of drug-likeness (QED) is 0.386. The Morgan fingerprint density at radius 2 is 1.00 bits per heavy atom. The summed E-state index contributed by atoms with van der Waals surface area (Å²) in [7, 11) is 0. The van der Waals surface area contributed by atoms with Gasteiger partial charge in [0.05, 0.1) is 0 Å². The Bertz CT molecular complexity index is 146. The van der Waals surface area contributed by atoms with Crippen molar-refractivity contribution in [3.8, 4) is 0 Å². The molecule has 1 rings (SSSR count). The summed E-state index contributed by atoms with van der Waals surface area (Å²) < 4.78 is 0.